The van der Waals surface area contributed by atoms with Crippen LogP contribution in [-0.2, 0) is 16.4 Å². The van der Waals surface area contributed by atoms with E-state index in [2.05, 4.69) is 5.32 Å². The fourth-order valence-corrected chi connectivity index (χ4v) is 4.69. The Morgan fingerprint density at radius 2 is 1.97 bits per heavy atom. The van der Waals surface area contributed by atoms with Crippen molar-refractivity contribution in [3.05, 3.63) is 70.1 Å². The molecule has 1 aliphatic rings. The minimum atomic E-state index is -3.34. The number of hydrogen-bond donors (Lipinski definition) is 1. The van der Waals surface area contributed by atoms with Crippen molar-refractivity contribution in [2.75, 3.05) is 21.9 Å². The van der Waals surface area contributed by atoms with Gasteiger partial charge in [-0.25, -0.2) is 8.42 Å². The summed E-state index contributed by atoms with van der Waals surface area (Å²) in [7, 11) is -3.34. The topological polar surface area (TPSA) is 96.7 Å². The monoisotopic (exact) mass is 412 g/mol. The molecule has 1 aliphatic heterocycles. The quantitative estimate of drug-likeness (QED) is 0.710. The third-order valence-electron chi connectivity index (χ3n) is 4.97. The number of aryl methyl sites for hydroxylation is 1. The summed E-state index contributed by atoms with van der Waals surface area (Å²) in [6, 6.07) is 13.0. The highest BCUT2D eigenvalue weighted by Crippen LogP contribution is 2.32. The van der Waals surface area contributed by atoms with Gasteiger partial charge in [-0.15, -0.1) is 0 Å². The van der Waals surface area contributed by atoms with E-state index in [1.165, 1.54) is 10.4 Å². The number of benzene rings is 2. The number of fused-ring (bicyclic) bond motifs is 2. The second kappa shape index (κ2) is 7.36. The van der Waals surface area contributed by atoms with E-state index >= 15 is 0 Å². The van der Waals surface area contributed by atoms with Crippen LogP contribution in [-0.4, -0.2) is 26.6 Å². The maximum absolute atomic E-state index is 12.6. The van der Waals surface area contributed by atoms with E-state index in [1.54, 1.807) is 49.4 Å². The van der Waals surface area contributed by atoms with Gasteiger partial charge in [0.25, 0.3) is 5.91 Å². The zero-order valence-electron chi connectivity index (χ0n) is 15.8. The van der Waals surface area contributed by atoms with Crippen molar-refractivity contribution in [3.63, 3.8) is 0 Å². The Bertz CT molecular complexity index is 1260. The molecule has 8 heteroatoms. The largest absolute Gasteiger partial charge is 0.451 e. The summed E-state index contributed by atoms with van der Waals surface area (Å²) in [5.41, 5.74) is 2.07. The molecule has 0 saturated carbocycles. The van der Waals surface area contributed by atoms with E-state index in [4.69, 9.17) is 4.42 Å². The van der Waals surface area contributed by atoms with Crippen molar-refractivity contribution in [1.82, 2.24) is 0 Å². The molecule has 1 aromatic heterocycles. The van der Waals surface area contributed by atoms with E-state index in [9.17, 15) is 18.0 Å². The first-order valence-electron chi connectivity index (χ1n) is 9.36. The van der Waals surface area contributed by atoms with E-state index in [0.717, 1.165) is 12.0 Å². The van der Waals surface area contributed by atoms with Gasteiger partial charge >= 0.3 is 0 Å². The van der Waals surface area contributed by atoms with Crippen LogP contribution in [0.4, 0.5) is 11.4 Å². The first-order chi connectivity index (χ1) is 13.9. The van der Waals surface area contributed by atoms with Gasteiger partial charge in [-0.1, -0.05) is 12.1 Å². The van der Waals surface area contributed by atoms with Crippen molar-refractivity contribution in [1.29, 1.82) is 0 Å². The van der Waals surface area contributed by atoms with Gasteiger partial charge in [0, 0.05) is 18.3 Å². The maximum Gasteiger partial charge on any atom is 0.291 e. The highest BCUT2D eigenvalue weighted by atomic mass is 32.2. The smallest absolute Gasteiger partial charge is 0.291 e. The lowest BCUT2D eigenvalue weighted by Gasteiger charge is -2.30. The fraction of sp³-hybridized carbons (Fsp3) is 0.238. The molecule has 1 N–H and O–H groups in total. The first-order valence-corrected chi connectivity index (χ1v) is 11.0. The van der Waals surface area contributed by atoms with Gasteiger partial charge in [-0.3, -0.25) is 13.9 Å². The zero-order valence-corrected chi connectivity index (χ0v) is 16.7. The first kappa shape index (κ1) is 19.2. The van der Waals surface area contributed by atoms with Gasteiger partial charge in [0.15, 0.2) is 11.2 Å². The summed E-state index contributed by atoms with van der Waals surface area (Å²) in [4.78, 5) is 24.8. The van der Waals surface area contributed by atoms with E-state index in [-0.39, 0.29) is 16.9 Å². The van der Waals surface area contributed by atoms with Crippen LogP contribution in [0.25, 0.3) is 11.0 Å². The summed E-state index contributed by atoms with van der Waals surface area (Å²) in [6.45, 7) is 2.08. The van der Waals surface area contributed by atoms with Crippen LogP contribution in [0.5, 0.6) is 0 Å². The third kappa shape index (κ3) is 3.63. The highest BCUT2D eigenvalue weighted by Gasteiger charge is 2.26. The Morgan fingerprint density at radius 1 is 1.17 bits per heavy atom. The Hall–Kier alpha value is -3.13. The second-order valence-corrected chi connectivity index (χ2v) is 9.03. The standard InChI is InChI=1S/C21H20N2O5S/c1-2-29(26,27)23-11-5-6-14-12-15(9-10-17(14)23)22-21(25)20-13-18(24)16-7-3-4-8-19(16)28-20/h3-4,7-10,12-13H,2,5-6,11H2,1H3,(H,22,25). The minimum Gasteiger partial charge on any atom is -0.451 e. The molecular weight excluding hydrogens is 392 g/mol. The molecule has 0 aliphatic carbocycles. The lowest BCUT2D eigenvalue weighted by molar-refractivity contribution is 0.0997. The van der Waals surface area contributed by atoms with Gasteiger partial charge < -0.3 is 9.73 Å². The summed E-state index contributed by atoms with van der Waals surface area (Å²) >= 11 is 0. The average Bonchev–Trinajstić information content (AvgIpc) is 2.73. The molecule has 2 aromatic carbocycles. The second-order valence-electron chi connectivity index (χ2n) is 6.84. The molecule has 0 unspecified atom stereocenters. The molecule has 0 radical (unpaired) electrons. The molecular formula is C21H20N2O5S. The molecule has 4 rings (SSSR count). The number of hydrogen-bond acceptors (Lipinski definition) is 5. The van der Waals surface area contributed by atoms with E-state index in [0.29, 0.717) is 35.3 Å². The molecule has 0 fully saturated rings. The lowest BCUT2D eigenvalue weighted by atomic mass is 10.0. The molecule has 150 valence electrons. The van der Waals surface area contributed by atoms with Crippen molar-refractivity contribution in [2.24, 2.45) is 0 Å². The van der Waals surface area contributed by atoms with Gasteiger partial charge in [0.2, 0.25) is 10.0 Å². The third-order valence-corrected chi connectivity index (χ3v) is 6.75. The number of carbonyl (C=O) groups is 1. The zero-order chi connectivity index (χ0) is 20.6. The molecule has 0 bridgehead atoms. The molecule has 0 atom stereocenters. The Morgan fingerprint density at radius 3 is 2.76 bits per heavy atom. The van der Waals surface area contributed by atoms with Crippen molar-refractivity contribution >= 4 is 38.3 Å². The van der Waals surface area contributed by atoms with Gasteiger partial charge in [-0.05, 0) is 55.7 Å². The van der Waals surface area contributed by atoms with Crippen LogP contribution in [0.15, 0.2) is 57.7 Å². The summed E-state index contributed by atoms with van der Waals surface area (Å²) < 4.78 is 31.6. The maximum atomic E-state index is 12.6. The van der Waals surface area contributed by atoms with Gasteiger partial charge in [0.05, 0.1) is 16.8 Å². The number of amides is 1. The SMILES string of the molecule is CCS(=O)(=O)N1CCCc2cc(NC(=O)c3cc(=O)c4ccccc4o3)ccc21. The number of rotatable bonds is 4. The summed E-state index contributed by atoms with van der Waals surface area (Å²) in [5, 5.41) is 3.14. The lowest BCUT2D eigenvalue weighted by Crippen LogP contribution is -2.36. The van der Waals surface area contributed by atoms with Crippen molar-refractivity contribution in [2.45, 2.75) is 19.8 Å². The Labute approximate surface area is 168 Å². The number of nitrogens with one attached hydrogen (secondary N) is 1. The number of nitrogens with zero attached hydrogens (tertiary/aromatic N) is 1. The fourth-order valence-electron chi connectivity index (χ4n) is 3.49. The molecule has 29 heavy (non-hydrogen) atoms. The summed E-state index contributed by atoms with van der Waals surface area (Å²) in [6.07, 6.45) is 1.43. The molecule has 3 aromatic rings. The van der Waals surface area contributed by atoms with Crippen LogP contribution in [0, 0.1) is 0 Å². The predicted octanol–water partition coefficient (Wildman–Crippen LogP) is 3.15. The Balaban J connectivity index is 1.62. The number of anilines is 2. The average molecular weight is 412 g/mol. The van der Waals surface area contributed by atoms with Crippen LogP contribution < -0.4 is 15.1 Å². The molecule has 2 heterocycles. The summed E-state index contributed by atoms with van der Waals surface area (Å²) in [5.74, 6) is -0.588. The Kier molecular flexibility index (Phi) is 4.87. The van der Waals surface area contributed by atoms with Gasteiger partial charge in [0.1, 0.15) is 5.58 Å². The number of sulfonamides is 1. The van der Waals surface area contributed by atoms with Crippen LogP contribution >= 0.6 is 0 Å². The van der Waals surface area contributed by atoms with Crippen LogP contribution in [0.2, 0.25) is 0 Å². The molecule has 1 amide bonds. The number of para-hydroxylation sites is 1. The predicted molar refractivity (Wildman–Crippen MR) is 112 cm³/mol. The van der Waals surface area contributed by atoms with E-state index < -0.39 is 15.9 Å². The van der Waals surface area contributed by atoms with Gasteiger partial charge in [-0.2, -0.15) is 0 Å². The minimum absolute atomic E-state index is 0.0337. The van der Waals surface area contributed by atoms with Crippen LogP contribution in [0.1, 0.15) is 29.5 Å². The van der Waals surface area contributed by atoms with Crippen LogP contribution in [0.3, 0.4) is 0 Å². The highest BCUT2D eigenvalue weighted by molar-refractivity contribution is 7.92. The van der Waals surface area contributed by atoms with Crippen molar-refractivity contribution in [3.8, 4) is 0 Å². The van der Waals surface area contributed by atoms with Crippen molar-refractivity contribution < 1.29 is 17.6 Å². The molecule has 0 saturated heterocycles. The number of carbonyl (C=O) groups excluding carboxylic acids is 1. The van der Waals surface area contributed by atoms with E-state index in [1.807, 2.05) is 0 Å². The normalized spacial score (nSPS) is 13.9. The molecule has 0 spiro atoms. The molecule has 7 nitrogen and oxygen atoms in total.